The van der Waals surface area contributed by atoms with Crippen molar-refractivity contribution >= 4 is 17.4 Å². The molecule has 7 heteroatoms. The van der Waals surface area contributed by atoms with Crippen LogP contribution in [0.15, 0.2) is 42.6 Å². The van der Waals surface area contributed by atoms with Crippen molar-refractivity contribution in [3.8, 4) is 5.69 Å². The molecule has 1 amide bonds. The molecule has 0 atom stereocenters. The van der Waals surface area contributed by atoms with Crippen molar-refractivity contribution in [1.29, 1.82) is 0 Å². The van der Waals surface area contributed by atoms with Crippen LogP contribution in [0.2, 0.25) is 0 Å². The molecule has 21 heavy (non-hydrogen) atoms. The van der Waals surface area contributed by atoms with Crippen LogP contribution in [-0.4, -0.2) is 25.9 Å². The van der Waals surface area contributed by atoms with Crippen LogP contribution >= 0.6 is 0 Å². The van der Waals surface area contributed by atoms with E-state index in [0.29, 0.717) is 17.2 Å². The SMILES string of the molecule is Cc1cc(NC(=O)c2ccn(-c3cccc(N)c3)n2)n[nH]1. The van der Waals surface area contributed by atoms with E-state index in [2.05, 4.69) is 20.6 Å². The average Bonchev–Trinajstić information content (AvgIpc) is 3.08. The van der Waals surface area contributed by atoms with Crippen LogP contribution in [0, 0.1) is 6.92 Å². The normalized spacial score (nSPS) is 10.5. The van der Waals surface area contributed by atoms with E-state index < -0.39 is 0 Å². The molecule has 106 valence electrons. The van der Waals surface area contributed by atoms with Gasteiger partial charge in [0.25, 0.3) is 5.91 Å². The molecule has 0 saturated carbocycles. The third kappa shape index (κ3) is 2.76. The molecule has 0 unspecified atom stereocenters. The van der Waals surface area contributed by atoms with Gasteiger partial charge in [-0.1, -0.05) is 6.07 Å². The number of carbonyl (C=O) groups is 1. The van der Waals surface area contributed by atoms with E-state index in [1.165, 1.54) is 0 Å². The fourth-order valence-electron chi connectivity index (χ4n) is 1.92. The summed E-state index contributed by atoms with van der Waals surface area (Å²) in [6, 6.07) is 10.7. The number of aromatic nitrogens is 4. The van der Waals surface area contributed by atoms with E-state index in [0.717, 1.165) is 11.4 Å². The maximum Gasteiger partial charge on any atom is 0.277 e. The first-order valence-corrected chi connectivity index (χ1v) is 6.37. The van der Waals surface area contributed by atoms with Gasteiger partial charge in [-0.05, 0) is 31.2 Å². The lowest BCUT2D eigenvalue weighted by Gasteiger charge is -2.02. The van der Waals surface area contributed by atoms with Crippen LogP contribution in [0.5, 0.6) is 0 Å². The number of nitrogen functional groups attached to an aromatic ring is 1. The van der Waals surface area contributed by atoms with Gasteiger partial charge in [-0.3, -0.25) is 9.89 Å². The third-order valence-electron chi connectivity index (χ3n) is 2.90. The van der Waals surface area contributed by atoms with E-state index in [-0.39, 0.29) is 5.91 Å². The summed E-state index contributed by atoms with van der Waals surface area (Å²) in [7, 11) is 0. The number of aryl methyl sites for hydroxylation is 1. The van der Waals surface area contributed by atoms with Gasteiger partial charge in [0.2, 0.25) is 0 Å². The number of H-pyrrole nitrogens is 1. The summed E-state index contributed by atoms with van der Waals surface area (Å²) in [6.45, 7) is 1.86. The molecule has 0 radical (unpaired) electrons. The first-order chi connectivity index (χ1) is 10.1. The van der Waals surface area contributed by atoms with Crippen molar-refractivity contribution < 1.29 is 4.79 Å². The minimum atomic E-state index is -0.316. The Labute approximate surface area is 120 Å². The second-order valence-electron chi connectivity index (χ2n) is 4.63. The Morgan fingerprint density at radius 2 is 2.19 bits per heavy atom. The first kappa shape index (κ1) is 12.9. The number of carbonyl (C=O) groups excluding carboxylic acids is 1. The molecule has 7 nitrogen and oxygen atoms in total. The van der Waals surface area contributed by atoms with Crippen LogP contribution in [-0.2, 0) is 0 Å². The van der Waals surface area contributed by atoms with Gasteiger partial charge in [0.1, 0.15) is 0 Å². The molecule has 0 bridgehead atoms. The zero-order valence-corrected chi connectivity index (χ0v) is 11.4. The molecule has 0 aliphatic carbocycles. The van der Waals surface area contributed by atoms with Crippen molar-refractivity contribution in [2.45, 2.75) is 6.92 Å². The van der Waals surface area contributed by atoms with Crippen LogP contribution in [0.25, 0.3) is 5.69 Å². The third-order valence-corrected chi connectivity index (χ3v) is 2.90. The molecule has 2 aromatic heterocycles. The van der Waals surface area contributed by atoms with Gasteiger partial charge in [0.15, 0.2) is 11.5 Å². The second kappa shape index (κ2) is 5.12. The summed E-state index contributed by atoms with van der Waals surface area (Å²) in [5.74, 6) is 0.153. The number of nitrogens with two attached hydrogens (primary N) is 1. The number of amides is 1. The highest BCUT2D eigenvalue weighted by atomic mass is 16.2. The summed E-state index contributed by atoms with van der Waals surface area (Å²) in [6.07, 6.45) is 1.71. The molecule has 0 aliphatic heterocycles. The van der Waals surface area contributed by atoms with Gasteiger partial charge in [-0.25, -0.2) is 4.68 Å². The van der Waals surface area contributed by atoms with Crippen molar-refractivity contribution in [2.75, 3.05) is 11.1 Å². The zero-order chi connectivity index (χ0) is 14.8. The zero-order valence-electron chi connectivity index (χ0n) is 11.4. The van der Waals surface area contributed by atoms with E-state index in [4.69, 9.17) is 5.73 Å². The Bertz CT molecular complexity index is 788. The van der Waals surface area contributed by atoms with Gasteiger partial charge in [0, 0.05) is 23.6 Å². The highest BCUT2D eigenvalue weighted by Crippen LogP contribution is 2.12. The van der Waals surface area contributed by atoms with E-state index in [9.17, 15) is 4.79 Å². The predicted molar refractivity (Wildman–Crippen MR) is 79.3 cm³/mol. The van der Waals surface area contributed by atoms with Crippen LogP contribution in [0.4, 0.5) is 11.5 Å². The smallest absolute Gasteiger partial charge is 0.277 e. The van der Waals surface area contributed by atoms with Crippen LogP contribution < -0.4 is 11.1 Å². The minimum Gasteiger partial charge on any atom is -0.399 e. The summed E-state index contributed by atoms with van der Waals surface area (Å²) in [5, 5.41) is 13.6. The number of benzene rings is 1. The summed E-state index contributed by atoms with van der Waals surface area (Å²) in [5.41, 5.74) is 8.35. The number of rotatable bonds is 3. The summed E-state index contributed by atoms with van der Waals surface area (Å²) in [4.78, 5) is 12.1. The molecular weight excluding hydrogens is 268 g/mol. The van der Waals surface area contributed by atoms with E-state index in [1.54, 1.807) is 35.1 Å². The topological polar surface area (TPSA) is 102 Å². The summed E-state index contributed by atoms with van der Waals surface area (Å²) >= 11 is 0. The van der Waals surface area contributed by atoms with Crippen molar-refractivity contribution in [3.05, 3.63) is 54.0 Å². The fraction of sp³-hybridized carbons (Fsp3) is 0.0714. The largest absolute Gasteiger partial charge is 0.399 e. The van der Waals surface area contributed by atoms with E-state index >= 15 is 0 Å². The maximum absolute atomic E-state index is 12.1. The highest BCUT2D eigenvalue weighted by molar-refractivity contribution is 6.02. The van der Waals surface area contributed by atoms with Gasteiger partial charge in [0.05, 0.1) is 5.69 Å². The molecule has 3 aromatic rings. The van der Waals surface area contributed by atoms with Crippen molar-refractivity contribution in [2.24, 2.45) is 0 Å². The Morgan fingerprint density at radius 1 is 1.33 bits per heavy atom. The van der Waals surface area contributed by atoms with Crippen molar-refractivity contribution in [3.63, 3.8) is 0 Å². The lowest BCUT2D eigenvalue weighted by molar-refractivity contribution is 0.102. The Morgan fingerprint density at radius 3 is 2.90 bits per heavy atom. The standard InChI is InChI=1S/C14H14N6O/c1-9-7-13(18-17-9)16-14(21)12-5-6-20(19-12)11-4-2-3-10(15)8-11/h2-8H,15H2,1H3,(H2,16,17,18,21). The number of aromatic amines is 1. The monoisotopic (exact) mass is 282 g/mol. The van der Waals surface area contributed by atoms with Crippen molar-refractivity contribution in [1.82, 2.24) is 20.0 Å². The fourth-order valence-corrected chi connectivity index (χ4v) is 1.92. The van der Waals surface area contributed by atoms with E-state index in [1.807, 2.05) is 19.1 Å². The van der Waals surface area contributed by atoms with Crippen LogP contribution in [0.1, 0.15) is 16.2 Å². The quantitative estimate of drug-likeness (QED) is 0.637. The van der Waals surface area contributed by atoms with Gasteiger partial charge < -0.3 is 11.1 Å². The Balaban J connectivity index is 1.80. The highest BCUT2D eigenvalue weighted by Gasteiger charge is 2.11. The number of anilines is 2. The summed E-state index contributed by atoms with van der Waals surface area (Å²) < 4.78 is 1.60. The number of hydrogen-bond acceptors (Lipinski definition) is 4. The molecule has 3 rings (SSSR count). The maximum atomic E-state index is 12.1. The first-order valence-electron chi connectivity index (χ1n) is 6.37. The lowest BCUT2D eigenvalue weighted by atomic mass is 10.3. The lowest BCUT2D eigenvalue weighted by Crippen LogP contribution is -2.13. The Hall–Kier alpha value is -3.09. The molecule has 1 aromatic carbocycles. The number of nitrogens with one attached hydrogen (secondary N) is 2. The molecule has 0 spiro atoms. The number of hydrogen-bond donors (Lipinski definition) is 3. The molecule has 4 N–H and O–H groups in total. The minimum absolute atomic E-state index is 0.304. The second-order valence-corrected chi connectivity index (χ2v) is 4.63. The molecule has 2 heterocycles. The molecule has 0 aliphatic rings. The Kier molecular flexibility index (Phi) is 3.15. The number of nitrogens with zero attached hydrogens (tertiary/aromatic N) is 3. The molecular formula is C14H14N6O. The van der Waals surface area contributed by atoms with Gasteiger partial charge in [-0.2, -0.15) is 10.2 Å². The predicted octanol–water partition coefficient (Wildman–Crippen LogP) is 1.74. The van der Waals surface area contributed by atoms with Gasteiger partial charge >= 0.3 is 0 Å². The van der Waals surface area contributed by atoms with Gasteiger partial charge in [-0.15, -0.1) is 0 Å². The molecule has 0 fully saturated rings. The average molecular weight is 282 g/mol. The van der Waals surface area contributed by atoms with Crippen LogP contribution in [0.3, 0.4) is 0 Å². The molecule has 0 saturated heterocycles.